The average Bonchev–Trinajstić information content (AvgIpc) is 2.29. The maximum absolute atomic E-state index is 10.9. The quantitative estimate of drug-likeness (QED) is 0.472. The van der Waals surface area contributed by atoms with Crippen LogP contribution < -0.4 is 11.5 Å². The lowest BCUT2D eigenvalue weighted by atomic mass is 10.0. The van der Waals surface area contributed by atoms with E-state index >= 15 is 0 Å². The summed E-state index contributed by atoms with van der Waals surface area (Å²) in [7, 11) is 0. The van der Waals surface area contributed by atoms with Gasteiger partial charge in [0, 0.05) is 22.5 Å². The van der Waals surface area contributed by atoms with Crippen LogP contribution in [0.25, 0.3) is 10.8 Å². The molecule has 0 unspecified atom stereocenters. The molecule has 92 valence electrons. The molecule has 0 aromatic heterocycles. The van der Waals surface area contributed by atoms with Crippen molar-refractivity contribution in [2.24, 2.45) is 0 Å². The number of nitrogen functional groups attached to an aromatic ring is 2. The van der Waals surface area contributed by atoms with Gasteiger partial charge in [-0.1, -0.05) is 12.1 Å². The molecular formula is C10H8N4O4. The van der Waals surface area contributed by atoms with Gasteiger partial charge in [0.05, 0.1) is 9.85 Å². The van der Waals surface area contributed by atoms with Crippen LogP contribution in [0, 0.1) is 20.2 Å². The zero-order valence-electron chi connectivity index (χ0n) is 8.99. The number of nitro benzene ring substituents is 2. The van der Waals surface area contributed by atoms with E-state index < -0.39 is 21.2 Å². The molecule has 0 fully saturated rings. The number of benzene rings is 2. The lowest BCUT2D eigenvalue weighted by molar-refractivity contribution is -0.421. The second-order valence-electron chi connectivity index (χ2n) is 3.61. The maximum Gasteiger partial charge on any atom is 0.369 e. The summed E-state index contributed by atoms with van der Waals surface area (Å²) >= 11 is 0. The monoisotopic (exact) mass is 248 g/mol. The Morgan fingerprint density at radius 3 is 2.22 bits per heavy atom. The Hall–Kier alpha value is -2.90. The van der Waals surface area contributed by atoms with Crippen molar-refractivity contribution in [3.05, 3.63) is 44.5 Å². The summed E-state index contributed by atoms with van der Waals surface area (Å²) < 4.78 is 0. The Balaban J connectivity index is 2.99. The Morgan fingerprint density at radius 1 is 1.00 bits per heavy atom. The van der Waals surface area contributed by atoms with E-state index in [4.69, 9.17) is 11.5 Å². The van der Waals surface area contributed by atoms with Gasteiger partial charge in [-0.3, -0.25) is 20.2 Å². The van der Waals surface area contributed by atoms with Crippen molar-refractivity contribution in [1.82, 2.24) is 0 Å². The molecule has 18 heavy (non-hydrogen) atoms. The van der Waals surface area contributed by atoms with Crippen LogP contribution in [0.4, 0.5) is 22.7 Å². The van der Waals surface area contributed by atoms with Crippen molar-refractivity contribution in [2.75, 3.05) is 11.5 Å². The number of hydrogen-bond donors (Lipinski definition) is 2. The minimum atomic E-state index is -0.865. The molecule has 2 aromatic carbocycles. The van der Waals surface area contributed by atoms with Gasteiger partial charge < -0.3 is 11.5 Å². The first-order chi connectivity index (χ1) is 8.43. The molecule has 4 N–H and O–H groups in total. The first-order valence-electron chi connectivity index (χ1n) is 4.83. The van der Waals surface area contributed by atoms with E-state index in [0.29, 0.717) is 10.8 Å². The highest BCUT2D eigenvalue weighted by Crippen LogP contribution is 2.40. The third-order valence-corrected chi connectivity index (χ3v) is 2.59. The minimum absolute atomic E-state index is 0.253. The smallest absolute Gasteiger partial charge is 0.369 e. The molecule has 8 nitrogen and oxygen atoms in total. The predicted octanol–water partition coefficient (Wildman–Crippen LogP) is 1.82. The summed E-state index contributed by atoms with van der Waals surface area (Å²) in [6.07, 6.45) is 0. The molecule has 0 spiro atoms. The van der Waals surface area contributed by atoms with Crippen LogP contribution in [0.2, 0.25) is 0 Å². The number of nitrogens with two attached hydrogens (primary N) is 2. The molecule has 0 aliphatic rings. The minimum Gasteiger partial charge on any atom is -0.398 e. The molecule has 0 radical (unpaired) electrons. The molecular weight excluding hydrogens is 240 g/mol. The fourth-order valence-electron chi connectivity index (χ4n) is 1.78. The fraction of sp³-hybridized carbons (Fsp3) is 0. The van der Waals surface area contributed by atoms with Gasteiger partial charge in [0.25, 0.3) is 0 Å². The van der Waals surface area contributed by atoms with E-state index in [2.05, 4.69) is 0 Å². The second kappa shape index (κ2) is 3.84. The van der Waals surface area contributed by atoms with Gasteiger partial charge in [-0.25, -0.2) is 0 Å². The number of anilines is 2. The Morgan fingerprint density at radius 2 is 1.67 bits per heavy atom. The molecule has 2 aromatic rings. The highest BCUT2D eigenvalue weighted by molar-refractivity contribution is 6.05. The molecule has 0 saturated carbocycles. The number of hydrogen-bond acceptors (Lipinski definition) is 6. The Labute approximate surface area is 100 Å². The van der Waals surface area contributed by atoms with E-state index in [1.54, 1.807) is 6.07 Å². The van der Waals surface area contributed by atoms with Gasteiger partial charge in [0.2, 0.25) is 0 Å². The molecule has 0 atom stereocenters. The highest BCUT2D eigenvalue weighted by atomic mass is 16.6. The normalized spacial score (nSPS) is 10.4. The van der Waals surface area contributed by atoms with Gasteiger partial charge in [0.15, 0.2) is 0 Å². The van der Waals surface area contributed by atoms with Gasteiger partial charge in [-0.05, 0) is 6.07 Å². The first-order valence-corrected chi connectivity index (χ1v) is 4.83. The maximum atomic E-state index is 10.9. The number of nitro groups is 2. The Kier molecular flexibility index (Phi) is 2.47. The van der Waals surface area contributed by atoms with Crippen LogP contribution >= 0.6 is 0 Å². The van der Waals surface area contributed by atoms with Gasteiger partial charge in [-0.2, -0.15) is 0 Å². The molecule has 8 heteroatoms. The summed E-state index contributed by atoms with van der Waals surface area (Å²) in [5, 5.41) is 22.4. The molecule has 2 rings (SSSR count). The molecule has 0 heterocycles. The van der Waals surface area contributed by atoms with Crippen molar-refractivity contribution >= 4 is 33.5 Å². The highest BCUT2D eigenvalue weighted by Gasteiger charge is 2.29. The summed E-state index contributed by atoms with van der Waals surface area (Å²) in [6, 6.07) is 5.71. The number of nitrogens with zero attached hydrogens (tertiary/aromatic N) is 2. The fourth-order valence-corrected chi connectivity index (χ4v) is 1.78. The van der Waals surface area contributed by atoms with Gasteiger partial charge in [0.1, 0.15) is 5.69 Å². The van der Waals surface area contributed by atoms with E-state index in [1.165, 1.54) is 12.1 Å². The number of fused-ring (bicyclic) bond motifs is 1. The van der Waals surface area contributed by atoms with E-state index in [-0.39, 0.29) is 11.4 Å². The standard InChI is InChI=1S/C10H8N4O4/c11-7-3-1-2-5-6(7)4-8(13(15)16)10(9(5)12)14(17)18/h1-4H,11-12H2. The molecule has 0 bridgehead atoms. The lowest BCUT2D eigenvalue weighted by Gasteiger charge is -2.06. The van der Waals surface area contributed by atoms with E-state index in [1.807, 2.05) is 0 Å². The third kappa shape index (κ3) is 1.56. The first kappa shape index (κ1) is 11.6. The molecule has 0 aliphatic carbocycles. The predicted molar refractivity (Wildman–Crippen MR) is 66.1 cm³/mol. The van der Waals surface area contributed by atoms with Gasteiger partial charge in [-0.15, -0.1) is 0 Å². The topological polar surface area (TPSA) is 138 Å². The van der Waals surface area contributed by atoms with Gasteiger partial charge >= 0.3 is 11.4 Å². The molecule has 0 saturated heterocycles. The van der Waals surface area contributed by atoms with Crippen molar-refractivity contribution in [3.8, 4) is 0 Å². The largest absolute Gasteiger partial charge is 0.398 e. The summed E-state index contributed by atoms with van der Waals surface area (Å²) in [6.45, 7) is 0. The second-order valence-corrected chi connectivity index (χ2v) is 3.61. The van der Waals surface area contributed by atoms with Crippen LogP contribution in [0.15, 0.2) is 24.3 Å². The SMILES string of the molecule is Nc1cccc2c(N)c([N+](=O)[O-])c([N+](=O)[O-])cc12. The van der Waals surface area contributed by atoms with Crippen LogP contribution in [0.3, 0.4) is 0 Å². The van der Waals surface area contributed by atoms with E-state index in [0.717, 1.165) is 6.07 Å². The van der Waals surface area contributed by atoms with Crippen LogP contribution in [-0.4, -0.2) is 9.85 Å². The average molecular weight is 248 g/mol. The summed E-state index contributed by atoms with van der Waals surface area (Å²) in [4.78, 5) is 20.0. The molecule has 0 amide bonds. The molecule has 0 aliphatic heterocycles. The number of rotatable bonds is 2. The van der Waals surface area contributed by atoms with Crippen LogP contribution in [0.1, 0.15) is 0 Å². The van der Waals surface area contributed by atoms with Crippen molar-refractivity contribution < 1.29 is 9.85 Å². The lowest BCUT2D eigenvalue weighted by Crippen LogP contribution is -2.02. The summed E-state index contributed by atoms with van der Waals surface area (Å²) in [5.74, 6) is 0. The van der Waals surface area contributed by atoms with Crippen molar-refractivity contribution in [1.29, 1.82) is 0 Å². The third-order valence-electron chi connectivity index (χ3n) is 2.59. The van der Waals surface area contributed by atoms with Crippen molar-refractivity contribution in [2.45, 2.75) is 0 Å². The Bertz CT molecular complexity index is 683. The van der Waals surface area contributed by atoms with E-state index in [9.17, 15) is 20.2 Å². The summed E-state index contributed by atoms with van der Waals surface area (Å²) in [5.41, 5.74) is 9.95. The van der Waals surface area contributed by atoms with Crippen molar-refractivity contribution in [3.63, 3.8) is 0 Å². The van der Waals surface area contributed by atoms with Crippen LogP contribution in [0.5, 0.6) is 0 Å². The van der Waals surface area contributed by atoms with Crippen LogP contribution in [-0.2, 0) is 0 Å². The zero-order valence-corrected chi connectivity index (χ0v) is 8.99. The zero-order chi connectivity index (χ0) is 13.4.